The van der Waals surface area contributed by atoms with Crippen molar-refractivity contribution in [2.24, 2.45) is 16.5 Å². The largest absolute Gasteiger partial charge is 0.370 e. The van der Waals surface area contributed by atoms with Gasteiger partial charge >= 0.3 is 0 Å². The Morgan fingerprint density at radius 3 is 2.65 bits per heavy atom. The van der Waals surface area contributed by atoms with Crippen LogP contribution in [0.1, 0.15) is 15.9 Å². The van der Waals surface area contributed by atoms with E-state index in [1.807, 2.05) is 13.0 Å². The van der Waals surface area contributed by atoms with Gasteiger partial charge in [0, 0.05) is 22.7 Å². The molecule has 7 heteroatoms. The topological polar surface area (TPSA) is 98.7 Å². The number of guanidine groups is 1. The summed E-state index contributed by atoms with van der Waals surface area (Å²) in [4.78, 5) is 23.5. The van der Waals surface area contributed by atoms with Crippen LogP contribution in [0.5, 0.6) is 0 Å². The Balaban J connectivity index is 2.28. The van der Waals surface area contributed by atoms with Crippen molar-refractivity contribution in [1.29, 1.82) is 0 Å². The zero-order valence-electron chi connectivity index (χ0n) is 13.8. The lowest BCUT2D eigenvalue weighted by Crippen LogP contribution is -2.24. The molecule has 3 aromatic rings. The second-order valence-corrected chi connectivity index (χ2v) is 6.07. The molecule has 1 amide bonds. The number of aryl methyl sites for hydroxylation is 1. The van der Waals surface area contributed by atoms with Gasteiger partial charge in [0.2, 0.25) is 0 Å². The maximum absolute atomic E-state index is 12.1. The predicted octanol–water partition coefficient (Wildman–Crippen LogP) is 3.83. The summed E-state index contributed by atoms with van der Waals surface area (Å²) in [6, 6.07) is 10.4. The number of carbonyl (C=O) groups is 1. The minimum atomic E-state index is -0.544. The van der Waals surface area contributed by atoms with Gasteiger partial charge in [-0.1, -0.05) is 35.4 Å². The summed E-state index contributed by atoms with van der Waals surface area (Å²) in [6.07, 6.45) is 1.57. The van der Waals surface area contributed by atoms with Crippen LogP contribution in [0.4, 0.5) is 5.69 Å². The smallest absolute Gasteiger partial charge is 0.280 e. The number of pyridine rings is 1. The molecule has 0 unspecified atom stereocenters. The summed E-state index contributed by atoms with van der Waals surface area (Å²) in [5.74, 6) is -0.844. The van der Waals surface area contributed by atoms with Crippen LogP contribution in [0.3, 0.4) is 0 Å². The van der Waals surface area contributed by atoms with Gasteiger partial charge in [0.15, 0.2) is 11.6 Å². The average molecular weight is 364 g/mol. The van der Waals surface area contributed by atoms with Crippen molar-refractivity contribution in [3.8, 4) is 11.1 Å². The average Bonchev–Trinajstić information content (AvgIpc) is 2.61. The Hall–Kier alpha value is -3.43. The number of rotatable bonds is 2. The van der Waals surface area contributed by atoms with Gasteiger partial charge in [0.05, 0.1) is 17.1 Å². The summed E-state index contributed by atoms with van der Waals surface area (Å²) in [5, 5.41) is 1.15. The Morgan fingerprint density at radius 2 is 2.00 bits per heavy atom. The third-order valence-electron chi connectivity index (χ3n) is 3.91. The Kier molecular flexibility index (Phi) is 4.57. The molecule has 2 aromatic carbocycles. The third kappa shape index (κ3) is 3.21. The molecule has 1 aromatic heterocycles. The van der Waals surface area contributed by atoms with Gasteiger partial charge in [-0.3, -0.25) is 9.78 Å². The highest BCUT2D eigenvalue weighted by Gasteiger charge is 2.15. The fourth-order valence-electron chi connectivity index (χ4n) is 2.75. The van der Waals surface area contributed by atoms with Gasteiger partial charge in [0.25, 0.3) is 5.91 Å². The van der Waals surface area contributed by atoms with E-state index in [0.29, 0.717) is 27.2 Å². The molecule has 6 nitrogen and oxygen atoms in total. The predicted molar refractivity (Wildman–Crippen MR) is 103 cm³/mol. The molecule has 128 valence electrons. The van der Waals surface area contributed by atoms with E-state index in [2.05, 4.69) is 14.8 Å². The van der Waals surface area contributed by atoms with Crippen LogP contribution in [0, 0.1) is 13.5 Å². The number of nitrogens with zero attached hydrogens (tertiary/aromatic N) is 3. The van der Waals surface area contributed by atoms with Gasteiger partial charge < -0.3 is 11.5 Å². The van der Waals surface area contributed by atoms with Crippen molar-refractivity contribution in [2.45, 2.75) is 6.92 Å². The minimum Gasteiger partial charge on any atom is -0.370 e. The molecule has 3 rings (SSSR count). The molecular formula is C19H14ClN5O. The minimum absolute atomic E-state index is 0.301. The second kappa shape index (κ2) is 6.82. The number of halogens is 1. The van der Waals surface area contributed by atoms with Crippen molar-refractivity contribution < 1.29 is 4.79 Å². The molecule has 0 bridgehead atoms. The first-order valence-electron chi connectivity index (χ1n) is 7.61. The fraction of sp³-hybridized carbons (Fsp3) is 0.0526. The first-order valence-corrected chi connectivity index (χ1v) is 7.99. The van der Waals surface area contributed by atoms with Crippen molar-refractivity contribution in [3.63, 3.8) is 0 Å². The van der Waals surface area contributed by atoms with E-state index >= 15 is 0 Å². The second-order valence-electron chi connectivity index (χ2n) is 5.67. The van der Waals surface area contributed by atoms with E-state index in [-0.39, 0.29) is 5.96 Å². The molecule has 26 heavy (non-hydrogen) atoms. The van der Waals surface area contributed by atoms with Crippen molar-refractivity contribution in [3.05, 3.63) is 70.2 Å². The van der Waals surface area contributed by atoms with Gasteiger partial charge in [-0.2, -0.15) is 4.99 Å². The zero-order valence-corrected chi connectivity index (χ0v) is 14.6. The third-order valence-corrected chi connectivity index (χ3v) is 4.19. The zero-order chi connectivity index (χ0) is 18.8. The number of hydrogen-bond acceptors (Lipinski definition) is 2. The van der Waals surface area contributed by atoms with Crippen molar-refractivity contribution >= 4 is 40.1 Å². The highest BCUT2D eigenvalue weighted by atomic mass is 35.5. The van der Waals surface area contributed by atoms with Crippen LogP contribution < -0.4 is 11.5 Å². The van der Waals surface area contributed by atoms with E-state index in [1.165, 1.54) is 0 Å². The number of hydrogen-bond donors (Lipinski definition) is 2. The standard InChI is InChI=1S/C19H14ClN5O/c1-10-7-12(23-2)4-5-13(10)17-14-8-11(18(26)25-19(21)22)3-6-16(14)24-9-15(17)20/h3-9H,1H3,(H4,21,22,25,26). The molecule has 0 aliphatic carbocycles. The molecule has 0 fully saturated rings. The lowest BCUT2D eigenvalue weighted by Gasteiger charge is -2.12. The summed E-state index contributed by atoms with van der Waals surface area (Å²) >= 11 is 6.42. The highest BCUT2D eigenvalue weighted by molar-refractivity contribution is 6.35. The first-order chi connectivity index (χ1) is 12.4. The number of aliphatic imine (C=N–C) groups is 1. The fourth-order valence-corrected chi connectivity index (χ4v) is 3.01. The molecular weight excluding hydrogens is 350 g/mol. The molecule has 0 saturated heterocycles. The Morgan fingerprint density at radius 1 is 1.23 bits per heavy atom. The van der Waals surface area contributed by atoms with Gasteiger partial charge in [-0.25, -0.2) is 4.85 Å². The van der Waals surface area contributed by atoms with Crippen molar-refractivity contribution in [2.75, 3.05) is 0 Å². The van der Waals surface area contributed by atoms with Gasteiger partial charge in [-0.05, 0) is 30.7 Å². The SMILES string of the molecule is [C-]#[N+]c1ccc(-c2c(Cl)cnc3ccc(C(=O)N=C(N)N)cc23)c(C)c1. The summed E-state index contributed by atoms with van der Waals surface area (Å²) in [5.41, 5.74) is 14.6. The quantitative estimate of drug-likeness (QED) is 0.410. The van der Waals surface area contributed by atoms with E-state index in [9.17, 15) is 4.79 Å². The number of nitrogens with two attached hydrogens (primary N) is 2. The molecule has 1 heterocycles. The summed E-state index contributed by atoms with van der Waals surface area (Å²) in [6.45, 7) is 9.04. The summed E-state index contributed by atoms with van der Waals surface area (Å²) in [7, 11) is 0. The van der Waals surface area contributed by atoms with E-state index in [4.69, 9.17) is 29.6 Å². The Labute approximate surface area is 154 Å². The van der Waals surface area contributed by atoms with Crippen LogP contribution in [0.2, 0.25) is 5.02 Å². The maximum Gasteiger partial charge on any atom is 0.280 e. The maximum atomic E-state index is 12.1. The van der Waals surface area contributed by atoms with Crippen LogP contribution in [-0.2, 0) is 0 Å². The number of benzene rings is 2. The number of fused-ring (bicyclic) bond motifs is 1. The van der Waals surface area contributed by atoms with Gasteiger partial charge in [-0.15, -0.1) is 0 Å². The highest BCUT2D eigenvalue weighted by Crippen LogP contribution is 2.37. The lowest BCUT2D eigenvalue weighted by atomic mass is 9.96. The van der Waals surface area contributed by atoms with E-state index in [1.54, 1.807) is 36.5 Å². The molecule has 0 atom stereocenters. The van der Waals surface area contributed by atoms with Crippen LogP contribution in [-0.4, -0.2) is 16.9 Å². The van der Waals surface area contributed by atoms with E-state index in [0.717, 1.165) is 16.7 Å². The lowest BCUT2D eigenvalue weighted by molar-refractivity contribution is 0.100. The molecule has 0 aliphatic heterocycles. The Bertz CT molecular complexity index is 1110. The number of carbonyl (C=O) groups excluding carboxylic acids is 1. The van der Waals surface area contributed by atoms with Crippen molar-refractivity contribution in [1.82, 2.24) is 4.98 Å². The van der Waals surface area contributed by atoms with Crippen LogP contribution in [0.25, 0.3) is 26.9 Å². The molecule has 0 saturated carbocycles. The van der Waals surface area contributed by atoms with Crippen LogP contribution in [0.15, 0.2) is 47.6 Å². The van der Waals surface area contributed by atoms with E-state index < -0.39 is 5.91 Å². The first kappa shape index (κ1) is 17.4. The number of aromatic nitrogens is 1. The molecule has 0 radical (unpaired) electrons. The summed E-state index contributed by atoms with van der Waals surface area (Å²) < 4.78 is 0. The normalized spacial score (nSPS) is 10.3. The molecule has 0 spiro atoms. The monoisotopic (exact) mass is 363 g/mol. The van der Waals surface area contributed by atoms with Gasteiger partial charge in [0.1, 0.15) is 0 Å². The van der Waals surface area contributed by atoms with Crippen LogP contribution >= 0.6 is 11.6 Å². The molecule has 4 N–H and O–H groups in total. The number of amides is 1. The molecule has 0 aliphatic rings.